The van der Waals surface area contributed by atoms with Crippen LogP contribution in [0.5, 0.6) is 0 Å². The molecular weight excluding hydrogens is 347 g/mol. The van der Waals surface area contributed by atoms with Crippen molar-refractivity contribution in [2.24, 2.45) is 5.92 Å². The number of nitrogens with one attached hydrogen (secondary N) is 2. The van der Waals surface area contributed by atoms with Crippen LogP contribution in [0, 0.1) is 11.7 Å². The third kappa shape index (κ3) is 4.00. The number of hydrogen-bond donors (Lipinski definition) is 2. The number of hydrogen-bond acceptors (Lipinski definition) is 3. The summed E-state index contributed by atoms with van der Waals surface area (Å²) in [6, 6.07) is 2.90. The summed E-state index contributed by atoms with van der Waals surface area (Å²) in [5, 5.41) is 3.00. The monoisotopic (exact) mass is 364 g/mol. The third-order valence-electron chi connectivity index (χ3n) is 3.19. The van der Waals surface area contributed by atoms with E-state index in [1.54, 1.807) is 6.07 Å². The van der Waals surface area contributed by atoms with Crippen molar-refractivity contribution in [1.29, 1.82) is 0 Å². The molecule has 1 saturated carbocycles. The molecule has 0 heterocycles. The second-order valence-electron chi connectivity index (χ2n) is 4.95. The highest BCUT2D eigenvalue weighted by Gasteiger charge is 2.27. The van der Waals surface area contributed by atoms with Gasteiger partial charge in [0.2, 0.25) is 10.0 Å². The second-order valence-corrected chi connectivity index (χ2v) is 7.60. The van der Waals surface area contributed by atoms with E-state index in [2.05, 4.69) is 26.0 Å². The molecule has 2 rings (SSSR count). The molecule has 0 atom stereocenters. The molecule has 20 heavy (non-hydrogen) atoms. The van der Waals surface area contributed by atoms with Crippen LogP contribution in [0.1, 0.15) is 25.3 Å². The molecule has 7 heteroatoms. The zero-order chi connectivity index (χ0) is 14.8. The first-order valence-electron chi connectivity index (χ1n) is 6.62. The van der Waals surface area contributed by atoms with Gasteiger partial charge in [-0.05, 0) is 37.4 Å². The molecule has 0 unspecified atom stereocenters. The Labute approximate surface area is 127 Å². The molecule has 1 aromatic carbocycles. The second kappa shape index (κ2) is 6.51. The average molecular weight is 365 g/mol. The van der Waals surface area contributed by atoms with Crippen LogP contribution in [0.3, 0.4) is 0 Å². The van der Waals surface area contributed by atoms with Gasteiger partial charge in [-0.15, -0.1) is 0 Å². The molecule has 0 bridgehead atoms. The van der Waals surface area contributed by atoms with E-state index in [0.29, 0.717) is 35.6 Å². The zero-order valence-corrected chi connectivity index (χ0v) is 13.7. The third-order valence-corrected chi connectivity index (χ3v) is 5.07. The van der Waals surface area contributed by atoms with Gasteiger partial charge in [-0.3, -0.25) is 0 Å². The lowest BCUT2D eigenvalue weighted by Crippen LogP contribution is -2.27. The predicted molar refractivity (Wildman–Crippen MR) is 79.4 cm³/mol. The first-order chi connectivity index (χ1) is 9.44. The van der Waals surface area contributed by atoms with E-state index in [9.17, 15) is 12.8 Å². The molecule has 0 aromatic heterocycles. The molecule has 0 amide bonds. The SMILES string of the molecule is CCNCc1cc(Br)cc(S(=O)(=O)NCC2CC2)c1F. The Bertz CT molecular complexity index is 588. The smallest absolute Gasteiger partial charge is 0.243 e. The Morgan fingerprint density at radius 2 is 2.10 bits per heavy atom. The van der Waals surface area contributed by atoms with Crippen LogP contribution in [-0.4, -0.2) is 21.5 Å². The van der Waals surface area contributed by atoms with Crippen molar-refractivity contribution in [2.75, 3.05) is 13.1 Å². The summed E-state index contributed by atoms with van der Waals surface area (Å²) in [5.74, 6) is -0.279. The molecule has 4 nitrogen and oxygen atoms in total. The van der Waals surface area contributed by atoms with E-state index < -0.39 is 15.8 Å². The Morgan fingerprint density at radius 1 is 1.40 bits per heavy atom. The molecule has 0 saturated heterocycles. The molecule has 1 aliphatic carbocycles. The van der Waals surface area contributed by atoms with Crippen LogP contribution in [0.15, 0.2) is 21.5 Å². The minimum atomic E-state index is -3.80. The fourth-order valence-electron chi connectivity index (χ4n) is 1.83. The van der Waals surface area contributed by atoms with Crippen molar-refractivity contribution in [1.82, 2.24) is 10.0 Å². The fraction of sp³-hybridized carbons (Fsp3) is 0.538. The summed E-state index contributed by atoms with van der Waals surface area (Å²) in [7, 11) is -3.80. The summed E-state index contributed by atoms with van der Waals surface area (Å²) in [6.45, 7) is 3.28. The van der Waals surface area contributed by atoms with Crippen molar-refractivity contribution < 1.29 is 12.8 Å². The van der Waals surface area contributed by atoms with Crippen molar-refractivity contribution in [3.63, 3.8) is 0 Å². The molecule has 0 aliphatic heterocycles. The van der Waals surface area contributed by atoms with Crippen LogP contribution < -0.4 is 10.0 Å². The number of halogens is 2. The van der Waals surface area contributed by atoms with Crippen molar-refractivity contribution in [2.45, 2.75) is 31.2 Å². The maximum atomic E-state index is 14.3. The van der Waals surface area contributed by atoms with Gasteiger partial charge in [-0.1, -0.05) is 22.9 Å². The summed E-state index contributed by atoms with van der Waals surface area (Å²) in [5.41, 5.74) is 0.341. The van der Waals surface area contributed by atoms with Crippen LogP contribution in [-0.2, 0) is 16.6 Å². The van der Waals surface area contributed by atoms with Gasteiger partial charge in [0.1, 0.15) is 10.7 Å². The number of benzene rings is 1. The van der Waals surface area contributed by atoms with Crippen LogP contribution in [0.25, 0.3) is 0 Å². The lowest BCUT2D eigenvalue weighted by molar-refractivity contribution is 0.541. The van der Waals surface area contributed by atoms with E-state index in [1.165, 1.54) is 6.07 Å². The fourth-order valence-corrected chi connectivity index (χ4v) is 3.75. The highest BCUT2D eigenvalue weighted by molar-refractivity contribution is 9.10. The minimum Gasteiger partial charge on any atom is -0.313 e. The summed E-state index contributed by atoms with van der Waals surface area (Å²) >= 11 is 3.24. The lowest BCUT2D eigenvalue weighted by atomic mass is 10.2. The van der Waals surface area contributed by atoms with Crippen LogP contribution >= 0.6 is 15.9 Å². The standard InChI is InChI=1S/C13H18BrFN2O2S/c1-2-16-8-10-5-11(14)6-12(13(10)15)20(18,19)17-7-9-3-4-9/h5-6,9,16-17H,2-4,7-8H2,1H3. The zero-order valence-electron chi connectivity index (χ0n) is 11.2. The van der Waals surface area contributed by atoms with Gasteiger partial charge in [0.05, 0.1) is 0 Å². The van der Waals surface area contributed by atoms with E-state index in [1.807, 2.05) is 6.92 Å². The molecule has 2 N–H and O–H groups in total. The molecule has 0 spiro atoms. The highest BCUT2D eigenvalue weighted by Crippen LogP contribution is 2.29. The predicted octanol–water partition coefficient (Wildman–Crippen LogP) is 2.39. The summed E-state index contributed by atoms with van der Waals surface area (Å²) in [4.78, 5) is -0.291. The Kier molecular flexibility index (Phi) is 5.17. The quantitative estimate of drug-likeness (QED) is 0.780. The Balaban J connectivity index is 2.26. The molecule has 0 radical (unpaired) electrons. The van der Waals surface area contributed by atoms with Crippen LogP contribution in [0.2, 0.25) is 0 Å². The number of sulfonamides is 1. The topological polar surface area (TPSA) is 58.2 Å². The molecule has 112 valence electrons. The van der Waals surface area contributed by atoms with E-state index >= 15 is 0 Å². The number of rotatable bonds is 7. The average Bonchev–Trinajstić information content (AvgIpc) is 3.21. The van der Waals surface area contributed by atoms with Crippen LogP contribution in [0.4, 0.5) is 4.39 Å². The molecule has 1 aromatic rings. The Hall–Kier alpha value is -0.500. The van der Waals surface area contributed by atoms with E-state index in [4.69, 9.17) is 0 Å². The van der Waals surface area contributed by atoms with Gasteiger partial charge in [0.25, 0.3) is 0 Å². The maximum Gasteiger partial charge on any atom is 0.243 e. The van der Waals surface area contributed by atoms with Gasteiger partial charge in [0, 0.05) is 23.1 Å². The van der Waals surface area contributed by atoms with E-state index in [0.717, 1.165) is 12.8 Å². The van der Waals surface area contributed by atoms with E-state index in [-0.39, 0.29) is 4.90 Å². The highest BCUT2D eigenvalue weighted by atomic mass is 79.9. The van der Waals surface area contributed by atoms with Gasteiger partial charge in [-0.2, -0.15) is 0 Å². The normalized spacial score (nSPS) is 15.6. The first-order valence-corrected chi connectivity index (χ1v) is 8.90. The van der Waals surface area contributed by atoms with Gasteiger partial charge in [-0.25, -0.2) is 17.5 Å². The molecular formula is C13H18BrFN2O2S. The van der Waals surface area contributed by atoms with Gasteiger partial charge < -0.3 is 5.32 Å². The van der Waals surface area contributed by atoms with Crippen molar-refractivity contribution >= 4 is 26.0 Å². The first kappa shape index (κ1) is 15.9. The summed E-state index contributed by atoms with van der Waals surface area (Å²) in [6.07, 6.45) is 2.07. The lowest BCUT2D eigenvalue weighted by Gasteiger charge is -2.11. The maximum absolute atomic E-state index is 14.3. The van der Waals surface area contributed by atoms with Crippen molar-refractivity contribution in [3.05, 3.63) is 28.0 Å². The Morgan fingerprint density at radius 3 is 2.70 bits per heavy atom. The minimum absolute atomic E-state index is 0.291. The summed E-state index contributed by atoms with van der Waals surface area (Å²) < 4.78 is 41.7. The van der Waals surface area contributed by atoms with Crippen molar-refractivity contribution in [3.8, 4) is 0 Å². The van der Waals surface area contributed by atoms with Gasteiger partial charge >= 0.3 is 0 Å². The molecule has 1 aliphatic rings. The molecule has 1 fully saturated rings. The van der Waals surface area contributed by atoms with Gasteiger partial charge in [0.15, 0.2) is 0 Å². The largest absolute Gasteiger partial charge is 0.313 e.